The minimum Gasteiger partial charge on any atom is -0.341 e. The molecule has 0 saturated carbocycles. The lowest BCUT2D eigenvalue weighted by Crippen LogP contribution is -2.37. The molecule has 0 bridgehead atoms. The maximum atomic E-state index is 13.6. The molecule has 1 fully saturated rings. The topological polar surface area (TPSA) is 64.4 Å². The Kier molecular flexibility index (Phi) is 6.10. The fraction of sp³-hybridized carbons (Fsp3) is 0.471. The molecule has 1 aliphatic heterocycles. The molecule has 0 N–H and O–H groups in total. The van der Waals surface area contributed by atoms with Crippen molar-refractivity contribution in [2.75, 3.05) is 26.2 Å². The maximum Gasteiger partial charge on any atom is 0.236 e. The summed E-state index contributed by atoms with van der Waals surface area (Å²) in [6.45, 7) is 2.07. The van der Waals surface area contributed by atoms with Gasteiger partial charge in [-0.15, -0.1) is 0 Å². The molecule has 1 aromatic rings. The fourth-order valence-electron chi connectivity index (χ4n) is 2.70. The molecule has 1 aliphatic rings. The number of nitriles is 1. The van der Waals surface area contributed by atoms with Crippen molar-refractivity contribution in [3.8, 4) is 6.07 Å². The van der Waals surface area contributed by atoms with Crippen molar-refractivity contribution in [1.82, 2.24) is 9.80 Å². The monoisotopic (exact) mass is 317 g/mol. The van der Waals surface area contributed by atoms with Gasteiger partial charge in [-0.1, -0.05) is 18.2 Å². The smallest absolute Gasteiger partial charge is 0.236 e. The Balaban J connectivity index is 1.85. The van der Waals surface area contributed by atoms with Gasteiger partial charge in [-0.3, -0.25) is 9.59 Å². The molecule has 1 aromatic carbocycles. The number of aryl methyl sites for hydroxylation is 1. The first-order chi connectivity index (χ1) is 11.1. The van der Waals surface area contributed by atoms with Gasteiger partial charge in [-0.2, -0.15) is 5.26 Å². The van der Waals surface area contributed by atoms with Gasteiger partial charge in [0.15, 0.2) is 0 Å². The number of hydrogen-bond donors (Lipinski definition) is 0. The van der Waals surface area contributed by atoms with Crippen molar-refractivity contribution in [2.45, 2.75) is 25.7 Å². The lowest BCUT2D eigenvalue weighted by atomic mass is 10.1. The van der Waals surface area contributed by atoms with Crippen molar-refractivity contribution >= 4 is 11.8 Å². The van der Waals surface area contributed by atoms with Crippen LogP contribution >= 0.6 is 0 Å². The first-order valence-electron chi connectivity index (χ1n) is 7.77. The number of nitrogens with zero attached hydrogens (tertiary/aromatic N) is 3. The summed E-state index contributed by atoms with van der Waals surface area (Å²) in [6, 6.07) is 8.32. The second-order valence-electron chi connectivity index (χ2n) is 5.54. The van der Waals surface area contributed by atoms with Gasteiger partial charge in [0.2, 0.25) is 11.8 Å². The van der Waals surface area contributed by atoms with Gasteiger partial charge in [0.05, 0.1) is 6.07 Å². The number of carbonyl (C=O) groups excluding carboxylic acids is 2. The van der Waals surface area contributed by atoms with Gasteiger partial charge in [-0.25, -0.2) is 4.39 Å². The minimum atomic E-state index is -0.288. The van der Waals surface area contributed by atoms with Crippen LogP contribution in [0.2, 0.25) is 0 Å². The Morgan fingerprint density at radius 1 is 1.09 bits per heavy atom. The molecule has 0 radical (unpaired) electrons. The van der Waals surface area contributed by atoms with Crippen LogP contribution in [0.1, 0.15) is 24.8 Å². The number of amides is 2. The normalized spacial score (nSPS) is 15.0. The van der Waals surface area contributed by atoms with Gasteiger partial charge >= 0.3 is 0 Å². The first-order valence-corrected chi connectivity index (χ1v) is 7.77. The van der Waals surface area contributed by atoms with Gasteiger partial charge in [0, 0.05) is 32.6 Å². The summed E-state index contributed by atoms with van der Waals surface area (Å²) in [6.07, 6.45) is 1.20. The molecule has 2 rings (SSSR count). The lowest BCUT2D eigenvalue weighted by molar-refractivity contribution is -0.133. The van der Waals surface area contributed by atoms with E-state index in [1.165, 1.54) is 6.07 Å². The summed E-state index contributed by atoms with van der Waals surface area (Å²) in [5.41, 5.74) is 0.543. The van der Waals surface area contributed by atoms with Gasteiger partial charge in [0.1, 0.15) is 12.2 Å². The van der Waals surface area contributed by atoms with E-state index >= 15 is 0 Å². The largest absolute Gasteiger partial charge is 0.341 e. The van der Waals surface area contributed by atoms with Crippen LogP contribution in [0.5, 0.6) is 0 Å². The summed E-state index contributed by atoms with van der Waals surface area (Å²) < 4.78 is 13.6. The third kappa shape index (κ3) is 4.78. The van der Waals surface area contributed by atoms with Gasteiger partial charge in [0.25, 0.3) is 0 Å². The highest BCUT2D eigenvalue weighted by atomic mass is 19.1. The van der Waals surface area contributed by atoms with E-state index in [1.54, 1.807) is 28.0 Å². The van der Waals surface area contributed by atoms with Crippen molar-refractivity contribution in [2.24, 2.45) is 0 Å². The third-order valence-electron chi connectivity index (χ3n) is 4.00. The molecular formula is C17H20FN3O2. The van der Waals surface area contributed by atoms with Crippen LogP contribution in [0.15, 0.2) is 24.3 Å². The Bertz CT molecular complexity index is 612. The molecule has 1 heterocycles. The van der Waals surface area contributed by atoms with E-state index in [0.717, 1.165) is 0 Å². The second-order valence-corrected chi connectivity index (χ2v) is 5.54. The highest BCUT2D eigenvalue weighted by molar-refractivity contribution is 5.79. The van der Waals surface area contributed by atoms with E-state index in [0.29, 0.717) is 44.6 Å². The summed E-state index contributed by atoms with van der Waals surface area (Å²) in [4.78, 5) is 27.4. The lowest BCUT2D eigenvalue weighted by Gasteiger charge is -2.21. The highest BCUT2D eigenvalue weighted by Crippen LogP contribution is 2.11. The number of benzene rings is 1. The first kappa shape index (κ1) is 16.9. The summed E-state index contributed by atoms with van der Waals surface area (Å²) in [7, 11) is 0. The predicted molar refractivity (Wildman–Crippen MR) is 82.7 cm³/mol. The molecule has 0 aliphatic carbocycles. The number of carbonyl (C=O) groups is 2. The Hall–Kier alpha value is -2.42. The van der Waals surface area contributed by atoms with Crippen LogP contribution in [-0.4, -0.2) is 47.8 Å². The Morgan fingerprint density at radius 3 is 2.39 bits per heavy atom. The SMILES string of the molecule is N#CCC(=O)N1CCCN(C(=O)CCc2ccccc2F)CC1. The molecule has 0 atom stereocenters. The molecular weight excluding hydrogens is 297 g/mol. The number of hydrogen-bond acceptors (Lipinski definition) is 3. The highest BCUT2D eigenvalue weighted by Gasteiger charge is 2.21. The fourth-order valence-corrected chi connectivity index (χ4v) is 2.70. The van der Waals surface area contributed by atoms with Crippen LogP contribution in [0.25, 0.3) is 0 Å². The van der Waals surface area contributed by atoms with Crippen LogP contribution in [0.3, 0.4) is 0 Å². The van der Waals surface area contributed by atoms with Gasteiger partial charge in [-0.05, 0) is 24.5 Å². The van der Waals surface area contributed by atoms with Crippen LogP contribution in [0, 0.1) is 17.1 Å². The standard InChI is InChI=1S/C17H20FN3O2/c18-15-5-2-1-4-14(15)6-7-16(22)20-10-3-11-21(13-12-20)17(23)8-9-19/h1-2,4-5H,3,6-8,10-13H2. The zero-order chi connectivity index (χ0) is 16.7. The van der Waals surface area contributed by atoms with E-state index in [2.05, 4.69) is 0 Å². The third-order valence-corrected chi connectivity index (χ3v) is 4.00. The molecule has 122 valence electrons. The van der Waals surface area contributed by atoms with E-state index < -0.39 is 0 Å². The number of rotatable bonds is 4. The summed E-state index contributed by atoms with van der Waals surface area (Å²) in [5, 5.41) is 8.59. The summed E-state index contributed by atoms with van der Waals surface area (Å²) >= 11 is 0. The molecule has 5 nitrogen and oxygen atoms in total. The zero-order valence-electron chi connectivity index (χ0n) is 13.0. The summed E-state index contributed by atoms with van der Waals surface area (Å²) in [5.74, 6) is -0.500. The van der Waals surface area contributed by atoms with Gasteiger partial charge < -0.3 is 9.80 Å². The van der Waals surface area contributed by atoms with Crippen LogP contribution in [0.4, 0.5) is 4.39 Å². The van der Waals surface area contributed by atoms with Crippen molar-refractivity contribution in [3.05, 3.63) is 35.6 Å². The molecule has 23 heavy (non-hydrogen) atoms. The van der Waals surface area contributed by atoms with E-state index in [9.17, 15) is 14.0 Å². The average molecular weight is 317 g/mol. The average Bonchev–Trinajstić information content (AvgIpc) is 2.80. The maximum absolute atomic E-state index is 13.6. The van der Waals surface area contributed by atoms with Crippen molar-refractivity contribution in [1.29, 1.82) is 5.26 Å². The minimum absolute atomic E-state index is 0.0252. The Labute approximate surface area is 135 Å². The Morgan fingerprint density at radius 2 is 1.74 bits per heavy atom. The van der Waals surface area contributed by atoms with Crippen LogP contribution < -0.4 is 0 Å². The predicted octanol–water partition coefficient (Wildman–Crippen LogP) is 1.73. The van der Waals surface area contributed by atoms with E-state index in [1.807, 2.05) is 6.07 Å². The van der Waals surface area contributed by atoms with E-state index in [-0.39, 0.29) is 30.5 Å². The molecule has 1 saturated heterocycles. The van der Waals surface area contributed by atoms with E-state index in [4.69, 9.17) is 5.26 Å². The zero-order valence-corrected chi connectivity index (χ0v) is 13.0. The molecule has 2 amide bonds. The van der Waals surface area contributed by atoms with Crippen molar-refractivity contribution in [3.63, 3.8) is 0 Å². The quantitative estimate of drug-likeness (QED) is 0.849. The number of halogens is 1. The molecule has 6 heteroatoms. The molecule has 0 spiro atoms. The molecule has 0 unspecified atom stereocenters. The molecule has 0 aromatic heterocycles. The second kappa shape index (κ2) is 8.28. The van der Waals surface area contributed by atoms with Crippen LogP contribution in [-0.2, 0) is 16.0 Å². The van der Waals surface area contributed by atoms with Crippen molar-refractivity contribution < 1.29 is 14.0 Å².